The molecule has 4 aromatic rings. The lowest BCUT2D eigenvalue weighted by atomic mass is 10.2. The van der Waals surface area contributed by atoms with E-state index in [1.165, 1.54) is 23.1 Å². The second kappa shape index (κ2) is 7.61. The van der Waals surface area contributed by atoms with E-state index in [0.29, 0.717) is 16.1 Å². The van der Waals surface area contributed by atoms with E-state index in [9.17, 15) is 10.4 Å². The Hall–Kier alpha value is -3.15. The Labute approximate surface area is 162 Å². The number of aliphatic hydroxyl groups is 1. The Balaban J connectivity index is 1.53. The topological polar surface area (TPSA) is 95.8 Å². The van der Waals surface area contributed by atoms with E-state index in [2.05, 4.69) is 15.2 Å². The highest BCUT2D eigenvalue weighted by Crippen LogP contribution is 2.30. The molecule has 2 aromatic heterocycles. The van der Waals surface area contributed by atoms with Gasteiger partial charge in [-0.1, -0.05) is 42.1 Å². The van der Waals surface area contributed by atoms with E-state index in [-0.39, 0.29) is 17.1 Å². The second-order valence-corrected chi connectivity index (χ2v) is 7.41. The highest BCUT2D eigenvalue weighted by molar-refractivity contribution is 7.99. The maximum absolute atomic E-state index is 10.4. The van der Waals surface area contributed by atoms with Gasteiger partial charge in [-0.15, -0.1) is 21.5 Å². The maximum atomic E-state index is 10.4. The van der Waals surface area contributed by atoms with Crippen LogP contribution in [0.25, 0.3) is 27.2 Å². The lowest BCUT2D eigenvalue weighted by Gasteiger charge is -1.99. The zero-order valence-electron chi connectivity index (χ0n) is 13.9. The van der Waals surface area contributed by atoms with Crippen LogP contribution in [0.1, 0.15) is 5.01 Å². The quantitative estimate of drug-likeness (QED) is 0.292. The molecule has 0 fully saturated rings. The van der Waals surface area contributed by atoms with Gasteiger partial charge in [0.05, 0.1) is 16.0 Å². The summed E-state index contributed by atoms with van der Waals surface area (Å²) in [6.07, 6.45) is 0. The van der Waals surface area contributed by atoms with Crippen molar-refractivity contribution >= 4 is 38.9 Å². The van der Waals surface area contributed by atoms with Gasteiger partial charge < -0.3 is 9.52 Å². The highest BCUT2D eigenvalue weighted by Gasteiger charge is 2.16. The monoisotopic (exact) mass is 392 g/mol. The van der Waals surface area contributed by atoms with E-state index in [0.717, 1.165) is 15.8 Å². The molecule has 0 radical (unpaired) electrons. The summed E-state index contributed by atoms with van der Waals surface area (Å²) in [5, 5.41) is 28.6. The number of aliphatic hydroxyl groups excluding tert-OH is 1. The fraction of sp³-hybridized carbons (Fsp3) is 0.0526. The molecule has 6 nitrogen and oxygen atoms in total. The van der Waals surface area contributed by atoms with Crippen LogP contribution < -0.4 is 0 Å². The van der Waals surface area contributed by atoms with Crippen molar-refractivity contribution in [2.45, 2.75) is 5.22 Å². The molecule has 0 amide bonds. The largest absolute Gasteiger partial charge is 0.510 e. The first-order chi connectivity index (χ1) is 13.2. The smallest absolute Gasteiger partial charge is 0.277 e. The van der Waals surface area contributed by atoms with Crippen LogP contribution in [0.15, 0.2) is 70.0 Å². The predicted molar refractivity (Wildman–Crippen MR) is 105 cm³/mol. The molecule has 0 aliphatic carbocycles. The summed E-state index contributed by atoms with van der Waals surface area (Å²) in [5.74, 6) is 0.476. The van der Waals surface area contributed by atoms with Crippen molar-refractivity contribution in [1.29, 1.82) is 5.26 Å². The molecule has 0 aliphatic rings. The Morgan fingerprint density at radius 2 is 1.89 bits per heavy atom. The van der Waals surface area contributed by atoms with E-state index in [1.54, 1.807) is 0 Å². The molecule has 0 spiro atoms. The Bertz CT molecular complexity index is 1130. The molecule has 1 N–H and O–H groups in total. The van der Waals surface area contributed by atoms with Gasteiger partial charge in [-0.05, 0) is 24.3 Å². The predicted octanol–water partition coefficient (Wildman–Crippen LogP) is 4.93. The van der Waals surface area contributed by atoms with Gasteiger partial charge in [0, 0.05) is 5.56 Å². The molecular formula is C19H12N4O2S2. The molecule has 0 atom stereocenters. The van der Waals surface area contributed by atoms with Crippen molar-refractivity contribution in [3.63, 3.8) is 0 Å². The first-order valence-corrected chi connectivity index (χ1v) is 9.74. The van der Waals surface area contributed by atoms with Crippen LogP contribution in [0.2, 0.25) is 0 Å². The Kier molecular flexibility index (Phi) is 4.87. The zero-order valence-corrected chi connectivity index (χ0v) is 15.5. The van der Waals surface area contributed by atoms with Crippen LogP contribution in [0.3, 0.4) is 0 Å². The molecule has 0 unspecified atom stereocenters. The van der Waals surface area contributed by atoms with Gasteiger partial charge >= 0.3 is 0 Å². The molecular weight excluding hydrogens is 380 g/mol. The summed E-state index contributed by atoms with van der Waals surface area (Å²) in [5.41, 5.74) is 1.78. The number of rotatable bonds is 5. The fourth-order valence-corrected chi connectivity index (χ4v) is 4.01. The van der Waals surface area contributed by atoms with Crippen LogP contribution >= 0.6 is 23.1 Å². The van der Waals surface area contributed by atoms with Gasteiger partial charge in [0.1, 0.15) is 22.4 Å². The lowest BCUT2D eigenvalue weighted by molar-refractivity contribution is 0.419. The number of aromatic nitrogens is 3. The van der Waals surface area contributed by atoms with Crippen molar-refractivity contribution in [3.8, 4) is 17.5 Å². The van der Waals surface area contributed by atoms with Crippen LogP contribution in [0, 0.1) is 11.3 Å². The summed E-state index contributed by atoms with van der Waals surface area (Å²) in [4.78, 5) is 4.42. The van der Waals surface area contributed by atoms with Gasteiger partial charge in [-0.2, -0.15) is 5.26 Å². The number of allylic oxidation sites excluding steroid dienone is 1. The van der Waals surface area contributed by atoms with Crippen molar-refractivity contribution in [2.24, 2.45) is 0 Å². The number of hydrogen-bond donors (Lipinski definition) is 1. The minimum atomic E-state index is -0.0685. The number of nitrogens with zero attached hydrogens (tertiary/aromatic N) is 4. The lowest BCUT2D eigenvalue weighted by Crippen LogP contribution is -1.92. The third-order valence-electron chi connectivity index (χ3n) is 3.67. The Morgan fingerprint density at radius 1 is 1.11 bits per heavy atom. The van der Waals surface area contributed by atoms with Gasteiger partial charge in [-0.25, -0.2) is 4.98 Å². The molecule has 0 aliphatic heterocycles. The molecule has 2 heterocycles. The van der Waals surface area contributed by atoms with Crippen LogP contribution in [0.5, 0.6) is 0 Å². The summed E-state index contributed by atoms with van der Waals surface area (Å²) in [7, 11) is 0. The van der Waals surface area contributed by atoms with Gasteiger partial charge in [0.2, 0.25) is 5.89 Å². The standard InChI is InChI=1S/C19H12N4O2S2/c20-10-13(18-21-14-8-4-5-9-16(14)27-18)15(24)11-26-19-23-22-17(25-19)12-6-2-1-3-7-12/h1-9,24H,11H2/b15-13-. The summed E-state index contributed by atoms with van der Waals surface area (Å²) < 4.78 is 6.56. The van der Waals surface area contributed by atoms with Gasteiger partial charge in [0.25, 0.3) is 5.22 Å². The summed E-state index contributed by atoms with van der Waals surface area (Å²) >= 11 is 2.54. The molecule has 8 heteroatoms. The highest BCUT2D eigenvalue weighted by atomic mass is 32.2. The number of hydrogen-bond acceptors (Lipinski definition) is 8. The molecule has 0 bridgehead atoms. The van der Waals surface area contributed by atoms with Crippen molar-refractivity contribution in [2.75, 3.05) is 5.75 Å². The van der Waals surface area contributed by atoms with E-state index in [1.807, 2.05) is 60.7 Å². The number of benzene rings is 2. The van der Waals surface area contributed by atoms with Gasteiger partial charge in [0.15, 0.2) is 0 Å². The minimum absolute atomic E-state index is 0.0685. The Morgan fingerprint density at radius 3 is 2.67 bits per heavy atom. The van der Waals surface area contributed by atoms with E-state index >= 15 is 0 Å². The first-order valence-electron chi connectivity index (χ1n) is 7.94. The number of thioether (sulfide) groups is 1. The molecule has 2 aromatic carbocycles. The summed E-state index contributed by atoms with van der Waals surface area (Å²) in [6, 6.07) is 19.1. The van der Waals surface area contributed by atoms with Crippen molar-refractivity contribution < 1.29 is 9.52 Å². The first kappa shape index (κ1) is 17.3. The van der Waals surface area contributed by atoms with E-state index in [4.69, 9.17) is 4.42 Å². The number of nitriles is 1. The molecule has 0 saturated heterocycles. The zero-order chi connectivity index (χ0) is 18.6. The minimum Gasteiger partial charge on any atom is -0.510 e. The SMILES string of the molecule is N#C/C(=C(/O)CSc1nnc(-c2ccccc2)o1)c1nc2ccccc2s1. The van der Waals surface area contributed by atoms with Crippen LogP contribution in [-0.2, 0) is 0 Å². The third kappa shape index (κ3) is 3.69. The third-order valence-corrected chi connectivity index (χ3v) is 5.55. The van der Waals surface area contributed by atoms with Crippen molar-refractivity contribution in [1.82, 2.24) is 15.2 Å². The number of fused-ring (bicyclic) bond motifs is 1. The average molecular weight is 392 g/mol. The maximum Gasteiger partial charge on any atom is 0.277 e. The van der Waals surface area contributed by atoms with E-state index < -0.39 is 0 Å². The fourth-order valence-electron chi connectivity index (χ4n) is 2.38. The number of para-hydroxylation sites is 1. The summed E-state index contributed by atoms with van der Waals surface area (Å²) in [6.45, 7) is 0. The normalized spacial score (nSPS) is 12.0. The average Bonchev–Trinajstić information content (AvgIpc) is 3.34. The van der Waals surface area contributed by atoms with Gasteiger partial charge in [-0.3, -0.25) is 0 Å². The van der Waals surface area contributed by atoms with Crippen molar-refractivity contribution in [3.05, 3.63) is 65.4 Å². The second-order valence-electron chi connectivity index (χ2n) is 5.45. The molecule has 4 rings (SSSR count). The number of thiazole rings is 1. The van der Waals surface area contributed by atoms with Crippen LogP contribution in [-0.4, -0.2) is 26.0 Å². The molecule has 0 saturated carbocycles. The molecule has 27 heavy (non-hydrogen) atoms. The molecule has 132 valence electrons. The van der Waals surface area contributed by atoms with Crippen LogP contribution in [0.4, 0.5) is 0 Å².